The van der Waals surface area contributed by atoms with Crippen molar-refractivity contribution in [2.45, 2.75) is 75.8 Å². The second kappa shape index (κ2) is 7.66. The summed E-state index contributed by atoms with van der Waals surface area (Å²) in [4.78, 5) is 0. The van der Waals surface area contributed by atoms with Gasteiger partial charge in [-0.15, -0.1) is 5.98 Å². The molecule has 2 heteroatoms. The van der Waals surface area contributed by atoms with E-state index < -0.39 is 0 Å². The molecular formula is C15H26BBr. The van der Waals surface area contributed by atoms with Crippen molar-refractivity contribution in [3.63, 3.8) is 0 Å². The Morgan fingerprint density at radius 1 is 0.824 bits per heavy atom. The molecule has 0 amide bonds. The second-order valence-corrected chi connectivity index (χ2v) is 6.60. The summed E-state index contributed by atoms with van der Waals surface area (Å²) in [7, 11) is 0. The van der Waals surface area contributed by atoms with Crippen LogP contribution in [0, 0.1) is 0 Å². The van der Waals surface area contributed by atoms with Gasteiger partial charge in [-0.3, -0.25) is 0 Å². The van der Waals surface area contributed by atoms with Gasteiger partial charge in [-0.25, -0.2) is 0 Å². The normalized spacial score (nSPS) is 24.3. The summed E-state index contributed by atoms with van der Waals surface area (Å²) in [5.41, 5.74) is 0. The summed E-state index contributed by atoms with van der Waals surface area (Å²) < 4.78 is 0. The number of hydrogen-bond acceptors (Lipinski definition) is 0. The summed E-state index contributed by atoms with van der Waals surface area (Å²) >= 11 is 3.54. The standard InChI is InChI=1S/C15H26BBr/c17-13-7-12-16(14-8-3-1-4-9-14)15-10-5-2-6-11-15/h7,12,14-15H,1-6,8-11,13H2/b12-7+. The van der Waals surface area contributed by atoms with Crippen LogP contribution in [0.5, 0.6) is 0 Å². The molecule has 0 bridgehead atoms. The summed E-state index contributed by atoms with van der Waals surface area (Å²) in [6, 6.07) is 0. The average Bonchev–Trinajstić information content (AvgIpc) is 2.42. The molecule has 96 valence electrons. The molecule has 2 saturated carbocycles. The van der Waals surface area contributed by atoms with E-state index in [4.69, 9.17) is 0 Å². The third-order valence-electron chi connectivity index (χ3n) is 4.84. The zero-order valence-electron chi connectivity index (χ0n) is 11.0. The van der Waals surface area contributed by atoms with Gasteiger partial charge in [0.2, 0.25) is 0 Å². The van der Waals surface area contributed by atoms with Crippen molar-refractivity contribution in [3.05, 3.63) is 12.1 Å². The fourth-order valence-electron chi connectivity index (χ4n) is 3.95. The number of rotatable bonds is 4. The zero-order valence-corrected chi connectivity index (χ0v) is 12.6. The second-order valence-electron chi connectivity index (χ2n) is 5.96. The molecule has 0 aromatic rings. The first-order valence-electron chi connectivity index (χ1n) is 7.64. The largest absolute Gasteiger partial charge is 0.172 e. The fourth-order valence-corrected chi connectivity index (χ4v) is 4.16. The summed E-state index contributed by atoms with van der Waals surface area (Å²) in [6.45, 7) is 0.896. The Bertz CT molecular complexity index is 209. The van der Waals surface area contributed by atoms with Crippen molar-refractivity contribution >= 4 is 22.6 Å². The Labute approximate surface area is 116 Å². The maximum Gasteiger partial charge on any atom is 0.172 e. The Hall–Kier alpha value is 0.285. The number of allylic oxidation sites excluding steroid dienone is 1. The van der Waals surface area contributed by atoms with Gasteiger partial charge in [0.1, 0.15) is 0 Å². The first-order chi connectivity index (χ1) is 8.42. The van der Waals surface area contributed by atoms with Crippen LogP contribution < -0.4 is 0 Å². The lowest BCUT2D eigenvalue weighted by atomic mass is 9.30. The molecule has 2 aliphatic rings. The molecule has 0 aromatic heterocycles. The highest BCUT2D eigenvalue weighted by atomic mass is 79.9. The van der Waals surface area contributed by atoms with Crippen LogP contribution in [0.15, 0.2) is 12.1 Å². The van der Waals surface area contributed by atoms with Crippen LogP contribution >= 0.6 is 15.9 Å². The highest BCUT2D eigenvalue weighted by Crippen LogP contribution is 2.41. The van der Waals surface area contributed by atoms with E-state index in [1.165, 1.54) is 64.2 Å². The third-order valence-corrected chi connectivity index (χ3v) is 5.21. The zero-order chi connectivity index (χ0) is 11.9. The topological polar surface area (TPSA) is 0 Å². The van der Waals surface area contributed by atoms with Crippen LogP contribution in [0.2, 0.25) is 11.6 Å². The van der Waals surface area contributed by atoms with E-state index in [-0.39, 0.29) is 0 Å². The monoisotopic (exact) mass is 296 g/mol. The molecule has 17 heavy (non-hydrogen) atoms. The molecule has 0 spiro atoms. The van der Waals surface area contributed by atoms with Crippen LogP contribution in [-0.2, 0) is 0 Å². The molecule has 0 nitrogen and oxygen atoms in total. The molecule has 0 unspecified atom stereocenters. The molecule has 2 fully saturated rings. The highest BCUT2D eigenvalue weighted by Gasteiger charge is 2.32. The van der Waals surface area contributed by atoms with E-state index in [1.54, 1.807) is 0 Å². The first-order valence-corrected chi connectivity index (χ1v) is 8.76. The molecule has 0 saturated heterocycles. The predicted molar refractivity (Wildman–Crippen MR) is 82.4 cm³/mol. The van der Waals surface area contributed by atoms with Gasteiger partial charge in [0.15, 0.2) is 6.71 Å². The van der Waals surface area contributed by atoms with Gasteiger partial charge in [-0.1, -0.05) is 97.8 Å². The van der Waals surface area contributed by atoms with Gasteiger partial charge in [0.25, 0.3) is 0 Å². The SMILES string of the molecule is BrC/C=C/B(C1CCCCC1)C1CCCCC1. The third kappa shape index (κ3) is 4.15. The smallest absolute Gasteiger partial charge is 0.118 e. The van der Waals surface area contributed by atoms with Crippen LogP contribution in [-0.4, -0.2) is 12.0 Å². The molecular weight excluding hydrogens is 271 g/mol. The van der Waals surface area contributed by atoms with Gasteiger partial charge >= 0.3 is 0 Å². The molecule has 2 rings (SSSR count). The van der Waals surface area contributed by atoms with Crippen LogP contribution in [0.1, 0.15) is 64.2 Å². The molecule has 0 atom stereocenters. The van der Waals surface area contributed by atoms with E-state index in [2.05, 4.69) is 28.0 Å². The minimum Gasteiger partial charge on any atom is -0.118 e. The van der Waals surface area contributed by atoms with Crippen LogP contribution in [0.4, 0.5) is 0 Å². The highest BCUT2D eigenvalue weighted by molar-refractivity contribution is 9.09. The van der Waals surface area contributed by atoms with Gasteiger partial charge in [-0.05, 0) is 0 Å². The number of hydrogen-bond donors (Lipinski definition) is 0. The van der Waals surface area contributed by atoms with Crippen molar-refractivity contribution in [1.29, 1.82) is 0 Å². The maximum absolute atomic E-state index is 3.54. The molecule has 0 heterocycles. The Balaban J connectivity index is 1.97. The van der Waals surface area contributed by atoms with E-state index in [1.807, 2.05) is 0 Å². The predicted octanol–water partition coefficient (Wildman–Crippen LogP) is 5.64. The van der Waals surface area contributed by atoms with Gasteiger partial charge in [0, 0.05) is 5.33 Å². The van der Waals surface area contributed by atoms with Crippen molar-refractivity contribution in [1.82, 2.24) is 0 Å². The van der Waals surface area contributed by atoms with Crippen LogP contribution in [0.3, 0.4) is 0 Å². The number of halogens is 1. The quantitative estimate of drug-likeness (QED) is 0.465. The lowest BCUT2D eigenvalue weighted by molar-refractivity contribution is 0.464. The van der Waals surface area contributed by atoms with E-state index >= 15 is 0 Å². The molecule has 0 aliphatic heterocycles. The van der Waals surface area contributed by atoms with Crippen LogP contribution in [0.25, 0.3) is 0 Å². The summed E-state index contributed by atoms with van der Waals surface area (Å²) in [6.07, 6.45) is 17.2. The maximum atomic E-state index is 3.54. The molecule has 2 aliphatic carbocycles. The Kier molecular flexibility index (Phi) is 6.18. The minimum atomic E-state index is 0.896. The first kappa shape index (κ1) is 13.7. The minimum absolute atomic E-state index is 0.896. The van der Waals surface area contributed by atoms with Crippen molar-refractivity contribution in [3.8, 4) is 0 Å². The Morgan fingerprint density at radius 2 is 1.29 bits per heavy atom. The Morgan fingerprint density at radius 3 is 1.71 bits per heavy atom. The average molecular weight is 297 g/mol. The summed E-state index contributed by atoms with van der Waals surface area (Å²) in [5, 5.41) is 1.03. The van der Waals surface area contributed by atoms with Crippen molar-refractivity contribution in [2.75, 3.05) is 5.33 Å². The van der Waals surface area contributed by atoms with Gasteiger partial charge < -0.3 is 0 Å². The summed E-state index contributed by atoms with van der Waals surface area (Å²) in [5.74, 6) is 4.56. The fraction of sp³-hybridized carbons (Fsp3) is 0.867. The van der Waals surface area contributed by atoms with E-state index in [0.29, 0.717) is 0 Å². The lowest BCUT2D eigenvalue weighted by Crippen LogP contribution is -2.28. The van der Waals surface area contributed by atoms with Crippen molar-refractivity contribution < 1.29 is 0 Å². The van der Waals surface area contributed by atoms with Crippen molar-refractivity contribution in [2.24, 2.45) is 0 Å². The van der Waals surface area contributed by atoms with E-state index in [9.17, 15) is 0 Å². The van der Waals surface area contributed by atoms with Gasteiger partial charge in [-0.2, -0.15) is 0 Å². The lowest BCUT2D eigenvalue weighted by Gasteiger charge is -2.34. The van der Waals surface area contributed by atoms with Gasteiger partial charge in [0.05, 0.1) is 0 Å². The molecule has 0 N–H and O–H groups in total. The number of alkyl halides is 1. The molecule has 0 radical (unpaired) electrons. The van der Waals surface area contributed by atoms with E-state index in [0.717, 1.165) is 23.7 Å². The molecule has 0 aromatic carbocycles.